The number of nitrogens with zero attached hydrogens (tertiary/aromatic N) is 2. The van der Waals surface area contributed by atoms with E-state index in [4.69, 9.17) is 11.0 Å². The van der Waals surface area contributed by atoms with Gasteiger partial charge in [-0.25, -0.2) is 12.7 Å². The zero-order valence-electron chi connectivity index (χ0n) is 13.4. The first-order chi connectivity index (χ1) is 10.3. The van der Waals surface area contributed by atoms with Crippen molar-refractivity contribution in [2.45, 2.75) is 24.9 Å². The minimum Gasteiger partial charge on any atom is -0.330 e. The number of hydrogen-bond acceptors (Lipinski definition) is 4. The van der Waals surface area contributed by atoms with Crippen LogP contribution in [0.1, 0.15) is 25.0 Å². The molecule has 1 aromatic rings. The van der Waals surface area contributed by atoms with Crippen LogP contribution in [0.5, 0.6) is 0 Å². The van der Waals surface area contributed by atoms with Crippen LogP contribution in [-0.4, -0.2) is 32.9 Å². The fourth-order valence-electron chi connectivity index (χ4n) is 1.95. The third kappa shape index (κ3) is 5.08. The molecule has 24 heavy (non-hydrogen) atoms. The van der Waals surface area contributed by atoms with Crippen molar-refractivity contribution in [3.8, 4) is 6.07 Å². The second kappa shape index (κ2) is 7.70. The fraction of sp³-hybridized carbons (Fsp3) is 0.500. The minimum atomic E-state index is -4.81. The van der Waals surface area contributed by atoms with Crippen LogP contribution in [0, 0.1) is 16.7 Å². The Bertz CT molecular complexity index is 728. The van der Waals surface area contributed by atoms with Gasteiger partial charge in [-0.1, -0.05) is 13.8 Å². The number of benzene rings is 1. The average molecular weight is 386 g/mol. The molecule has 0 unspecified atom stereocenters. The number of hydrogen-bond donors (Lipinski definition) is 1. The Kier molecular flexibility index (Phi) is 7.27. The van der Waals surface area contributed by atoms with Crippen molar-refractivity contribution in [3.05, 3.63) is 29.3 Å². The average Bonchev–Trinajstić information content (AvgIpc) is 2.45. The van der Waals surface area contributed by atoms with Gasteiger partial charge in [0.15, 0.2) is 0 Å². The van der Waals surface area contributed by atoms with Crippen LogP contribution in [0.4, 0.5) is 13.2 Å². The summed E-state index contributed by atoms with van der Waals surface area (Å²) in [6, 6.07) is 3.75. The van der Waals surface area contributed by atoms with Gasteiger partial charge in [-0.05, 0) is 30.2 Å². The van der Waals surface area contributed by atoms with E-state index < -0.39 is 37.6 Å². The van der Waals surface area contributed by atoms with E-state index in [1.165, 1.54) is 13.1 Å². The van der Waals surface area contributed by atoms with Crippen molar-refractivity contribution >= 4 is 22.4 Å². The summed E-state index contributed by atoms with van der Waals surface area (Å²) in [5, 5.41) is 8.75. The molecule has 0 fully saturated rings. The Labute approximate surface area is 145 Å². The summed E-state index contributed by atoms with van der Waals surface area (Å²) in [6.45, 7) is 3.76. The highest BCUT2D eigenvalue weighted by molar-refractivity contribution is 7.89. The highest BCUT2D eigenvalue weighted by Gasteiger charge is 2.36. The van der Waals surface area contributed by atoms with Crippen molar-refractivity contribution in [1.82, 2.24) is 4.31 Å². The van der Waals surface area contributed by atoms with Crippen LogP contribution in [-0.2, 0) is 16.2 Å². The molecule has 0 saturated carbocycles. The van der Waals surface area contributed by atoms with Crippen molar-refractivity contribution < 1.29 is 21.6 Å². The number of sulfonamides is 1. The third-order valence-corrected chi connectivity index (χ3v) is 5.13. The van der Waals surface area contributed by atoms with Crippen LogP contribution < -0.4 is 5.73 Å². The van der Waals surface area contributed by atoms with Gasteiger partial charge in [-0.15, -0.1) is 12.4 Å². The van der Waals surface area contributed by atoms with Gasteiger partial charge in [0.25, 0.3) is 0 Å². The van der Waals surface area contributed by atoms with Gasteiger partial charge in [-0.3, -0.25) is 0 Å². The van der Waals surface area contributed by atoms with E-state index in [2.05, 4.69) is 0 Å². The third-order valence-electron chi connectivity index (χ3n) is 3.33. The Morgan fingerprint density at radius 3 is 2.25 bits per heavy atom. The standard InChI is InChI=1S/C14H18F3N3O2S.ClH/c1-13(2,8-19)9-20(3)23(21,22)11-5-4-10(7-18)12(6-11)14(15,16)17;/h4-6H,8-9,19H2,1-3H3;1H. The molecule has 1 rings (SSSR count). The highest BCUT2D eigenvalue weighted by atomic mass is 35.5. The summed E-state index contributed by atoms with van der Waals surface area (Å²) < 4.78 is 64.7. The van der Waals surface area contributed by atoms with Crippen LogP contribution in [0.15, 0.2) is 23.1 Å². The molecule has 5 nitrogen and oxygen atoms in total. The van der Waals surface area contributed by atoms with Crippen LogP contribution in [0.3, 0.4) is 0 Å². The van der Waals surface area contributed by atoms with E-state index in [1.54, 1.807) is 13.8 Å². The van der Waals surface area contributed by atoms with Crippen LogP contribution in [0.25, 0.3) is 0 Å². The van der Waals surface area contributed by atoms with Gasteiger partial charge < -0.3 is 5.73 Å². The minimum absolute atomic E-state index is 0. The van der Waals surface area contributed by atoms with E-state index >= 15 is 0 Å². The summed E-state index contributed by atoms with van der Waals surface area (Å²) in [5.41, 5.74) is 3.13. The lowest BCUT2D eigenvalue weighted by Gasteiger charge is -2.28. The first kappa shape index (κ1) is 22.7. The molecule has 0 atom stereocenters. The normalized spacial score (nSPS) is 12.6. The molecule has 1 aromatic carbocycles. The summed E-state index contributed by atoms with van der Waals surface area (Å²) in [4.78, 5) is -0.515. The van der Waals surface area contributed by atoms with E-state index in [1.807, 2.05) is 0 Å². The Morgan fingerprint density at radius 2 is 1.83 bits per heavy atom. The molecule has 0 saturated heterocycles. The quantitative estimate of drug-likeness (QED) is 0.843. The first-order valence-corrected chi connectivity index (χ1v) is 8.07. The Hall–Kier alpha value is -1.34. The van der Waals surface area contributed by atoms with Crippen molar-refractivity contribution in [3.63, 3.8) is 0 Å². The number of halogens is 4. The summed E-state index contributed by atoms with van der Waals surface area (Å²) in [7, 11) is -2.85. The molecule has 0 spiro atoms. The Morgan fingerprint density at radius 1 is 1.29 bits per heavy atom. The highest BCUT2D eigenvalue weighted by Crippen LogP contribution is 2.34. The molecule has 0 aromatic heterocycles. The number of nitriles is 1. The molecule has 0 bridgehead atoms. The number of alkyl halides is 3. The van der Waals surface area contributed by atoms with E-state index in [0.717, 1.165) is 16.4 Å². The van der Waals surface area contributed by atoms with Gasteiger partial charge in [0, 0.05) is 13.6 Å². The molecule has 10 heteroatoms. The predicted octanol–water partition coefficient (Wildman–Crippen LogP) is 2.60. The second-order valence-corrected chi connectivity index (χ2v) is 7.99. The van der Waals surface area contributed by atoms with Crippen molar-refractivity contribution in [1.29, 1.82) is 5.26 Å². The number of nitrogens with two attached hydrogens (primary N) is 1. The zero-order chi connectivity index (χ0) is 18.1. The van der Waals surface area contributed by atoms with E-state index in [0.29, 0.717) is 6.07 Å². The van der Waals surface area contributed by atoms with Gasteiger partial charge in [0.2, 0.25) is 10.0 Å². The molecule has 0 aliphatic heterocycles. The lowest BCUT2D eigenvalue weighted by atomic mass is 9.94. The second-order valence-electron chi connectivity index (χ2n) is 5.95. The summed E-state index contributed by atoms with van der Waals surface area (Å²) >= 11 is 0. The van der Waals surface area contributed by atoms with Gasteiger partial charge in [0.1, 0.15) is 0 Å². The summed E-state index contributed by atoms with van der Waals surface area (Å²) in [5.74, 6) is 0. The van der Waals surface area contributed by atoms with Gasteiger partial charge >= 0.3 is 6.18 Å². The molecule has 0 radical (unpaired) electrons. The molecule has 0 aliphatic carbocycles. The largest absolute Gasteiger partial charge is 0.417 e. The van der Waals surface area contributed by atoms with Gasteiger partial charge in [0.05, 0.1) is 22.1 Å². The molecule has 2 N–H and O–H groups in total. The fourth-order valence-corrected chi connectivity index (χ4v) is 3.33. The van der Waals surface area contributed by atoms with E-state index in [-0.39, 0.29) is 25.5 Å². The maximum atomic E-state index is 13.0. The smallest absolute Gasteiger partial charge is 0.330 e. The van der Waals surface area contributed by atoms with Crippen LogP contribution >= 0.6 is 12.4 Å². The van der Waals surface area contributed by atoms with Crippen molar-refractivity contribution in [2.24, 2.45) is 11.1 Å². The molecule has 0 amide bonds. The SMILES string of the molecule is CN(CC(C)(C)CN)S(=O)(=O)c1ccc(C#N)c(C(F)(F)F)c1.Cl. The lowest BCUT2D eigenvalue weighted by Crippen LogP contribution is -2.39. The Balaban J connectivity index is 0.00000529. The molecule has 136 valence electrons. The topological polar surface area (TPSA) is 87.2 Å². The monoisotopic (exact) mass is 385 g/mol. The maximum Gasteiger partial charge on any atom is 0.417 e. The summed E-state index contributed by atoms with van der Waals surface area (Å²) in [6.07, 6.45) is -4.81. The first-order valence-electron chi connectivity index (χ1n) is 6.63. The lowest BCUT2D eigenvalue weighted by molar-refractivity contribution is -0.137. The predicted molar refractivity (Wildman–Crippen MR) is 86.1 cm³/mol. The molecular formula is C14H19ClF3N3O2S. The maximum absolute atomic E-state index is 13.0. The molecule has 0 heterocycles. The van der Waals surface area contributed by atoms with Crippen LogP contribution in [0.2, 0.25) is 0 Å². The molecular weight excluding hydrogens is 367 g/mol. The van der Waals surface area contributed by atoms with E-state index in [9.17, 15) is 21.6 Å². The zero-order valence-corrected chi connectivity index (χ0v) is 15.0. The van der Waals surface area contributed by atoms with Gasteiger partial charge in [-0.2, -0.15) is 18.4 Å². The molecule has 0 aliphatic rings. The number of rotatable bonds is 5. The van der Waals surface area contributed by atoms with Crippen molar-refractivity contribution in [2.75, 3.05) is 20.1 Å².